The summed E-state index contributed by atoms with van der Waals surface area (Å²) < 4.78 is 0. The van der Waals surface area contributed by atoms with Crippen LogP contribution >= 0.6 is 0 Å². The number of nitrogens with two attached hydrogens (primary N) is 1. The lowest BCUT2D eigenvalue weighted by atomic mass is 9.90. The van der Waals surface area contributed by atoms with E-state index in [9.17, 15) is 9.59 Å². The molecule has 4 N–H and O–H groups in total. The molecule has 1 rings (SSSR count). The minimum Gasteiger partial charge on any atom is -0.370 e. The number of carbonyl (C=O) groups is 2. The van der Waals surface area contributed by atoms with Gasteiger partial charge in [0, 0.05) is 12.5 Å². The molecule has 0 spiro atoms. The molecule has 2 amide bonds. The number of amides is 2. The van der Waals surface area contributed by atoms with Crippen molar-refractivity contribution in [3.63, 3.8) is 0 Å². The Hall–Kier alpha value is -1.10. The molecule has 0 radical (unpaired) electrons. The smallest absolute Gasteiger partial charge is 0.240 e. The van der Waals surface area contributed by atoms with Crippen LogP contribution in [0.25, 0.3) is 0 Å². The highest BCUT2D eigenvalue weighted by molar-refractivity contribution is 5.87. The quantitative estimate of drug-likeness (QED) is 0.625. The van der Waals surface area contributed by atoms with E-state index >= 15 is 0 Å². The maximum Gasteiger partial charge on any atom is 0.240 e. The van der Waals surface area contributed by atoms with E-state index in [1.165, 1.54) is 0 Å². The third-order valence-corrected chi connectivity index (χ3v) is 3.24. The maximum atomic E-state index is 12.2. The minimum absolute atomic E-state index is 0.00519. The van der Waals surface area contributed by atoms with Crippen LogP contribution in [0.4, 0.5) is 0 Å². The number of primary amides is 1. The van der Waals surface area contributed by atoms with E-state index in [2.05, 4.69) is 17.6 Å². The summed E-state index contributed by atoms with van der Waals surface area (Å²) in [6.45, 7) is 4.76. The number of nitrogens with one attached hydrogen (secondary N) is 2. The molecule has 0 saturated carbocycles. The highest BCUT2D eigenvalue weighted by Gasteiger charge is 2.40. The first-order valence-electron chi connectivity index (χ1n) is 6.34. The van der Waals surface area contributed by atoms with Gasteiger partial charge in [0.1, 0.15) is 0 Å². The van der Waals surface area contributed by atoms with Crippen LogP contribution in [0.2, 0.25) is 0 Å². The Labute approximate surface area is 103 Å². The van der Waals surface area contributed by atoms with E-state index in [0.717, 1.165) is 32.2 Å². The third-order valence-electron chi connectivity index (χ3n) is 3.24. The van der Waals surface area contributed by atoms with Gasteiger partial charge in [0.15, 0.2) is 0 Å². The molecule has 17 heavy (non-hydrogen) atoms. The predicted octanol–water partition coefficient (Wildman–Crippen LogP) is 0.289. The van der Waals surface area contributed by atoms with Crippen molar-refractivity contribution in [3.05, 3.63) is 0 Å². The Morgan fingerprint density at radius 1 is 1.53 bits per heavy atom. The molecule has 5 heteroatoms. The summed E-state index contributed by atoms with van der Waals surface area (Å²) in [5.41, 5.74) is 4.68. The van der Waals surface area contributed by atoms with Crippen molar-refractivity contribution in [2.45, 2.75) is 57.5 Å². The Morgan fingerprint density at radius 3 is 2.71 bits per heavy atom. The van der Waals surface area contributed by atoms with Gasteiger partial charge in [-0.05, 0) is 32.7 Å². The summed E-state index contributed by atoms with van der Waals surface area (Å²) in [6.07, 6.45) is 3.88. The standard InChI is InChI=1S/C12H23N3O2/c1-3-5-12(6-4-7-14-12)11(17)15-9(2)8-10(13)16/h9,14H,3-8H2,1-2H3,(H2,13,16)(H,15,17). The lowest BCUT2D eigenvalue weighted by Crippen LogP contribution is -2.55. The van der Waals surface area contributed by atoms with Gasteiger partial charge in [0.25, 0.3) is 0 Å². The van der Waals surface area contributed by atoms with Gasteiger partial charge in [-0.25, -0.2) is 0 Å². The van der Waals surface area contributed by atoms with Crippen molar-refractivity contribution in [1.82, 2.24) is 10.6 Å². The van der Waals surface area contributed by atoms with E-state index in [-0.39, 0.29) is 24.3 Å². The summed E-state index contributed by atoms with van der Waals surface area (Å²) in [7, 11) is 0. The Bertz CT molecular complexity index is 285. The molecule has 0 aromatic rings. The topological polar surface area (TPSA) is 84.2 Å². The molecule has 5 nitrogen and oxygen atoms in total. The molecule has 1 heterocycles. The number of carbonyl (C=O) groups excluding carboxylic acids is 2. The average Bonchev–Trinajstić information content (AvgIpc) is 2.66. The van der Waals surface area contributed by atoms with Crippen LogP contribution in [0.15, 0.2) is 0 Å². The molecule has 0 aliphatic carbocycles. The highest BCUT2D eigenvalue weighted by atomic mass is 16.2. The van der Waals surface area contributed by atoms with Crippen molar-refractivity contribution in [2.75, 3.05) is 6.54 Å². The fraction of sp³-hybridized carbons (Fsp3) is 0.833. The first kappa shape index (κ1) is 14.0. The second kappa shape index (κ2) is 6.00. The number of hydrogen-bond acceptors (Lipinski definition) is 3. The summed E-state index contributed by atoms with van der Waals surface area (Å²) in [5.74, 6) is -0.382. The summed E-state index contributed by atoms with van der Waals surface area (Å²) in [4.78, 5) is 23.0. The van der Waals surface area contributed by atoms with Crippen molar-refractivity contribution < 1.29 is 9.59 Å². The number of hydrogen-bond donors (Lipinski definition) is 3. The Kier molecular flexibility index (Phi) is 4.93. The Morgan fingerprint density at radius 2 is 2.24 bits per heavy atom. The Balaban J connectivity index is 2.57. The van der Waals surface area contributed by atoms with Gasteiger partial charge in [-0.2, -0.15) is 0 Å². The van der Waals surface area contributed by atoms with E-state index in [1.807, 2.05) is 0 Å². The third kappa shape index (κ3) is 3.70. The first-order valence-corrected chi connectivity index (χ1v) is 6.34. The predicted molar refractivity (Wildman–Crippen MR) is 66.3 cm³/mol. The van der Waals surface area contributed by atoms with Crippen LogP contribution in [-0.4, -0.2) is 29.9 Å². The minimum atomic E-state index is -0.430. The van der Waals surface area contributed by atoms with Gasteiger partial charge in [-0.1, -0.05) is 13.3 Å². The van der Waals surface area contributed by atoms with Gasteiger partial charge < -0.3 is 16.4 Å². The summed E-state index contributed by atoms with van der Waals surface area (Å²) >= 11 is 0. The van der Waals surface area contributed by atoms with E-state index in [0.29, 0.717) is 0 Å². The fourth-order valence-electron chi connectivity index (χ4n) is 2.47. The zero-order valence-corrected chi connectivity index (χ0v) is 10.7. The second-order valence-corrected chi connectivity index (χ2v) is 4.91. The van der Waals surface area contributed by atoms with Gasteiger partial charge in [-0.3, -0.25) is 9.59 Å². The summed E-state index contributed by atoms with van der Waals surface area (Å²) in [6, 6.07) is -0.198. The molecule has 98 valence electrons. The summed E-state index contributed by atoms with van der Waals surface area (Å²) in [5, 5.41) is 6.18. The lowest BCUT2D eigenvalue weighted by molar-refractivity contribution is -0.128. The molecule has 2 atom stereocenters. The molecule has 0 aromatic heterocycles. The van der Waals surface area contributed by atoms with Crippen LogP contribution in [0.3, 0.4) is 0 Å². The van der Waals surface area contributed by atoms with E-state index in [4.69, 9.17) is 5.73 Å². The van der Waals surface area contributed by atoms with Crippen molar-refractivity contribution in [2.24, 2.45) is 5.73 Å². The first-order chi connectivity index (χ1) is 8.00. The average molecular weight is 241 g/mol. The molecule has 2 unspecified atom stereocenters. The van der Waals surface area contributed by atoms with Gasteiger partial charge in [-0.15, -0.1) is 0 Å². The monoisotopic (exact) mass is 241 g/mol. The van der Waals surface area contributed by atoms with Crippen LogP contribution in [0.5, 0.6) is 0 Å². The zero-order valence-electron chi connectivity index (χ0n) is 10.7. The lowest BCUT2D eigenvalue weighted by Gasteiger charge is -2.29. The fourth-order valence-corrected chi connectivity index (χ4v) is 2.47. The van der Waals surface area contributed by atoms with Crippen LogP contribution < -0.4 is 16.4 Å². The van der Waals surface area contributed by atoms with Crippen molar-refractivity contribution in [1.29, 1.82) is 0 Å². The van der Waals surface area contributed by atoms with Crippen LogP contribution in [0, 0.1) is 0 Å². The van der Waals surface area contributed by atoms with Crippen LogP contribution in [0.1, 0.15) is 46.0 Å². The molecule has 1 saturated heterocycles. The molecule has 1 fully saturated rings. The highest BCUT2D eigenvalue weighted by Crippen LogP contribution is 2.25. The van der Waals surface area contributed by atoms with Gasteiger partial charge in [0.05, 0.1) is 5.54 Å². The zero-order chi connectivity index (χ0) is 12.9. The molecular formula is C12H23N3O2. The molecule has 1 aliphatic rings. The number of rotatable bonds is 6. The molecular weight excluding hydrogens is 218 g/mol. The van der Waals surface area contributed by atoms with E-state index < -0.39 is 5.54 Å². The van der Waals surface area contributed by atoms with Crippen molar-refractivity contribution in [3.8, 4) is 0 Å². The van der Waals surface area contributed by atoms with Crippen molar-refractivity contribution >= 4 is 11.8 Å². The molecule has 0 aromatic carbocycles. The SMILES string of the molecule is CCCC1(C(=O)NC(C)CC(N)=O)CCCN1. The van der Waals surface area contributed by atoms with E-state index in [1.54, 1.807) is 6.92 Å². The second-order valence-electron chi connectivity index (χ2n) is 4.91. The van der Waals surface area contributed by atoms with Crippen LogP contribution in [-0.2, 0) is 9.59 Å². The van der Waals surface area contributed by atoms with Gasteiger partial charge in [0.2, 0.25) is 11.8 Å². The maximum absolute atomic E-state index is 12.2. The molecule has 0 bridgehead atoms. The molecule has 1 aliphatic heterocycles. The normalized spacial score (nSPS) is 25.5. The van der Waals surface area contributed by atoms with Gasteiger partial charge >= 0.3 is 0 Å². The largest absolute Gasteiger partial charge is 0.370 e.